The molecule has 3 aliphatic rings. The number of aromatic amines is 1. The van der Waals surface area contributed by atoms with Gasteiger partial charge in [0.25, 0.3) is 5.56 Å². The van der Waals surface area contributed by atoms with Crippen molar-refractivity contribution in [3.05, 3.63) is 31.4 Å². The molecule has 0 bridgehead atoms. The van der Waals surface area contributed by atoms with Gasteiger partial charge < -0.3 is 10.5 Å². The second kappa shape index (κ2) is 7.75. The summed E-state index contributed by atoms with van der Waals surface area (Å²) in [5.41, 5.74) is 4.69. The number of rotatable bonds is 5. The van der Waals surface area contributed by atoms with E-state index in [1.165, 1.54) is 16.6 Å². The molecule has 1 aromatic rings. The quantitative estimate of drug-likeness (QED) is 0.579. The van der Waals surface area contributed by atoms with Crippen molar-refractivity contribution >= 4 is 11.3 Å². The lowest BCUT2D eigenvalue weighted by Gasteiger charge is -2.34. The number of H-pyrrole nitrogens is 1. The first-order chi connectivity index (χ1) is 14.6. The SMILES string of the molecule is COC1=c2c(=O)[nH]c(=O)n(C3CC3)c2=C(C)C(N2CC(CN)C(OC(F)(F)F)C2)C1F. The molecule has 8 nitrogen and oxygen atoms in total. The third-order valence-electron chi connectivity index (χ3n) is 6.26. The van der Waals surface area contributed by atoms with Crippen molar-refractivity contribution in [1.29, 1.82) is 0 Å². The van der Waals surface area contributed by atoms with Crippen LogP contribution in [0.2, 0.25) is 0 Å². The highest BCUT2D eigenvalue weighted by atomic mass is 19.4. The van der Waals surface area contributed by atoms with Crippen molar-refractivity contribution in [3.8, 4) is 0 Å². The molecule has 0 amide bonds. The Hall–Kier alpha value is -2.18. The maximum Gasteiger partial charge on any atom is 0.522 e. The van der Waals surface area contributed by atoms with E-state index < -0.39 is 41.8 Å². The molecule has 12 heteroatoms. The van der Waals surface area contributed by atoms with Crippen LogP contribution < -0.4 is 27.6 Å². The number of nitrogens with zero attached hydrogens (tertiary/aromatic N) is 2. The van der Waals surface area contributed by atoms with Crippen LogP contribution >= 0.6 is 0 Å². The van der Waals surface area contributed by atoms with Gasteiger partial charge in [-0.15, -0.1) is 13.2 Å². The smallest absolute Gasteiger partial charge is 0.497 e. The Balaban J connectivity index is 1.86. The number of hydrogen-bond donors (Lipinski definition) is 2. The Kier molecular flexibility index (Phi) is 5.51. The largest absolute Gasteiger partial charge is 0.522 e. The van der Waals surface area contributed by atoms with E-state index in [9.17, 15) is 22.8 Å². The summed E-state index contributed by atoms with van der Waals surface area (Å²) < 4.78 is 65.0. The van der Waals surface area contributed by atoms with Gasteiger partial charge in [0.05, 0.1) is 24.6 Å². The molecule has 31 heavy (non-hydrogen) atoms. The van der Waals surface area contributed by atoms with Gasteiger partial charge in [0, 0.05) is 25.0 Å². The lowest BCUT2D eigenvalue weighted by atomic mass is 9.94. The minimum atomic E-state index is -4.84. The van der Waals surface area contributed by atoms with Crippen LogP contribution in [-0.2, 0) is 9.47 Å². The highest BCUT2D eigenvalue weighted by Crippen LogP contribution is 2.35. The molecule has 0 aromatic carbocycles. The Morgan fingerprint density at radius 3 is 2.45 bits per heavy atom. The van der Waals surface area contributed by atoms with Crippen molar-refractivity contribution in [2.45, 2.75) is 50.5 Å². The maximum atomic E-state index is 15.7. The highest BCUT2D eigenvalue weighted by molar-refractivity contribution is 5.60. The van der Waals surface area contributed by atoms with Crippen LogP contribution in [0.1, 0.15) is 25.8 Å². The Morgan fingerprint density at radius 1 is 1.23 bits per heavy atom. The fourth-order valence-corrected chi connectivity index (χ4v) is 4.79. The van der Waals surface area contributed by atoms with E-state index in [0.29, 0.717) is 5.57 Å². The van der Waals surface area contributed by atoms with Crippen LogP contribution in [0.25, 0.3) is 11.3 Å². The topological polar surface area (TPSA) is 103 Å². The minimum absolute atomic E-state index is 0.0482. The second-order valence-corrected chi connectivity index (χ2v) is 8.23. The van der Waals surface area contributed by atoms with Gasteiger partial charge in [-0.3, -0.25) is 24.0 Å². The summed E-state index contributed by atoms with van der Waals surface area (Å²) in [5, 5.41) is 0.226. The zero-order valence-corrected chi connectivity index (χ0v) is 17.0. The van der Waals surface area contributed by atoms with Gasteiger partial charge in [0.1, 0.15) is 11.0 Å². The number of fused-ring (bicyclic) bond motifs is 1. The molecule has 0 radical (unpaired) electrons. The number of aromatic nitrogens is 2. The molecule has 4 unspecified atom stereocenters. The summed E-state index contributed by atoms with van der Waals surface area (Å²) in [4.78, 5) is 28.8. The molecule has 4 atom stereocenters. The fraction of sp³-hybridized carbons (Fsp3) is 0.684. The molecule has 3 N–H and O–H groups in total. The molecule has 2 aliphatic carbocycles. The summed E-state index contributed by atoms with van der Waals surface area (Å²) in [6, 6.07) is -1.15. The summed E-state index contributed by atoms with van der Waals surface area (Å²) in [6.45, 7) is 1.40. The average Bonchev–Trinajstić information content (AvgIpc) is 3.43. The minimum Gasteiger partial charge on any atom is -0.497 e. The van der Waals surface area contributed by atoms with Crippen LogP contribution in [0.4, 0.5) is 17.6 Å². The number of ether oxygens (including phenoxy) is 2. The van der Waals surface area contributed by atoms with Crippen LogP contribution in [0.5, 0.6) is 0 Å². The average molecular weight is 448 g/mol. The van der Waals surface area contributed by atoms with Crippen LogP contribution in [0.15, 0.2) is 9.59 Å². The number of halogens is 4. The molecule has 2 heterocycles. The predicted octanol–water partition coefficient (Wildman–Crippen LogP) is -0.687. The molecule has 172 valence electrons. The highest BCUT2D eigenvalue weighted by Gasteiger charge is 2.47. The van der Waals surface area contributed by atoms with Gasteiger partial charge in [-0.05, 0) is 31.9 Å². The first-order valence-corrected chi connectivity index (χ1v) is 10.0. The summed E-state index contributed by atoms with van der Waals surface area (Å²) in [5.74, 6) is -0.899. The van der Waals surface area contributed by atoms with E-state index in [1.54, 1.807) is 6.92 Å². The summed E-state index contributed by atoms with van der Waals surface area (Å²) >= 11 is 0. The number of likely N-dealkylation sites (tertiary alicyclic amines) is 1. The Labute approximate surface area is 173 Å². The van der Waals surface area contributed by atoms with Gasteiger partial charge in [-0.1, -0.05) is 0 Å². The van der Waals surface area contributed by atoms with E-state index in [-0.39, 0.29) is 42.0 Å². The van der Waals surface area contributed by atoms with Gasteiger partial charge >= 0.3 is 12.1 Å². The Morgan fingerprint density at radius 2 is 1.90 bits per heavy atom. The third-order valence-corrected chi connectivity index (χ3v) is 6.26. The number of methoxy groups -OCH3 is 1. The summed E-state index contributed by atoms with van der Waals surface area (Å²) in [6.07, 6.45) is -6.44. The van der Waals surface area contributed by atoms with Crippen LogP contribution in [0.3, 0.4) is 0 Å². The zero-order valence-electron chi connectivity index (χ0n) is 17.0. The van der Waals surface area contributed by atoms with Gasteiger partial charge in [0.15, 0.2) is 6.17 Å². The van der Waals surface area contributed by atoms with Gasteiger partial charge in [-0.25, -0.2) is 9.18 Å². The monoisotopic (exact) mass is 448 g/mol. The van der Waals surface area contributed by atoms with E-state index >= 15 is 4.39 Å². The first-order valence-electron chi connectivity index (χ1n) is 10.0. The van der Waals surface area contributed by atoms with Crippen LogP contribution in [-0.4, -0.2) is 65.9 Å². The Bertz CT molecular complexity index is 1110. The van der Waals surface area contributed by atoms with Gasteiger partial charge in [0.2, 0.25) is 0 Å². The first kappa shape index (κ1) is 22.0. The fourth-order valence-electron chi connectivity index (χ4n) is 4.79. The molecular formula is C19H24F4N4O4. The van der Waals surface area contributed by atoms with Crippen LogP contribution in [0, 0.1) is 5.92 Å². The van der Waals surface area contributed by atoms with E-state index in [0.717, 1.165) is 12.8 Å². The summed E-state index contributed by atoms with van der Waals surface area (Å²) in [7, 11) is 1.22. The molecule has 1 saturated carbocycles. The lowest BCUT2D eigenvalue weighted by molar-refractivity contribution is -0.344. The van der Waals surface area contributed by atoms with E-state index in [1.807, 2.05) is 0 Å². The van der Waals surface area contributed by atoms with Gasteiger partial charge in [-0.2, -0.15) is 0 Å². The predicted molar refractivity (Wildman–Crippen MR) is 102 cm³/mol. The molecule has 2 fully saturated rings. The molecule has 1 saturated heterocycles. The standard InChI is InChI=1S/C19H24F4N4O4/c1-8-14-12(17(28)25-18(29)27(14)10-3-4-10)16(30-2)13(20)15(8)26-6-9(5-24)11(7-26)31-19(21,22)23/h9-11,13,15H,3-7,24H2,1-2H3,(H,25,28,29). The molecule has 1 aliphatic heterocycles. The van der Waals surface area contributed by atoms with Crippen molar-refractivity contribution < 1.29 is 27.0 Å². The van der Waals surface area contributed by atoms with Crippen molar-refractivity contribution in [1.82, 2.24) is 14.5 Å². The normalized spacial score (nSPS) is 29.4. The number of hydrogen-bond acceptors (Lipinski definition) is 6. The van der Waals surface area contributed by atoms with Crippen molar-refractivity contribution in [3.63, 3.8) is 0 Å². The molecule has 1 aromatic heterocycles. The van der Waals surface area contributed by atoms with E-state index in [2.05, 4.69) is 9.72 Å². The number of nitrogens with one attached hydrogen (secondary N) is 1. The second-order valence-electron chi connectivity index (χ2n) is 8.23. The molecule has 0 spiro atoms. The van der Waals surface area contributed by atoms with Crippen molar-refractivity contribution in [2.75, 3.05) is 26.7 Å². The van der Waals surface area contributed by atoms with Crippen molar-refractivity contribution in [2.24, 2.45) is 11.7 Å². The van der Waals surface area contributed by atoms with E-state index in [4.69, 9.17) is 10.5 Å². The number of nitrogens with two attached hydrogens (primary N) is 1. The number of alkyl halides is 4. The molecular weight excluding hydrogens is 424 g/mol. The molecule has 4 rings (SSSR count). The lowest BCUT2D eigenvalue weighted by Crippen LogP contribution is -2.61. The zero-order chi connectivity index (χ0) is 22.7. The maximum absolute atomic E-state index is 15.7. The third kappa shape index (κ3) is 3.80.